The molecule has 3 nitrogen and oxygen atoms in total. The molecule has 0 aliphatic carbocycles. The van der Waals surface area contributed by atoms with Crippen molar-refractivity contribution < 1.29 is 9.18 Å². The molecule has 0 spiro atoms. The first-order valence-electron chi connectivity index (χ1n) is 7.91. The first-order valence-corrected chi connectivity index (χ1v) is 7.91. The van der Waals surface area contributed by atoms with E-state index in [1.165, 1.54) is 18.9 Å². The largest absolute Gasteiger partial charge is 0.336 e. The zero-order valence-electron chi connectivity index (χ0n) is 12.7. The van der Waals surface area contributed by atoms with Gasteiger partial charge in [0.05, 0.1) is 5.56 Å². The molecule has 2 aliphatic rings. The summed E-state index contributed by atoms with van der Waals surface area (Å²) in [5.41, 5.74) is 1.04. The van der Waals surface area contributed by atoms with Gasteiger partial charge < -0.3 is 10.2 Å². The lowest BCUT2D eigenvalue weighted by Gasteiger charge is -2.37. The highest BCUT2D eigenvalue weighted by Gasteiger charge is 2.37. The Morgan fingerprint density at radius 1 is 1.33 bits per heavy atom. The zero-order chi connectivity index (χ0) is 15.0. The predicted molar refractivity (Wildman–Crippen MR) is 80.8 cm³/mol. The summed E-state index contributed by atoms with van der Waals surface area (Å²) < 4.78 is 14.1. The Morgan fingerprint density at radius 2 is 2.00 bits per heavy atom. The quantitative estimate of drug-likeness (QED) is 0.928. The normalized spacial score (nSPS) is 27.7. The topological polar surface area (TPSA) is 32.3 Å². The number of hydrogen-bond donors (Lipinski definition) is 1. The van der Waals surface area contributed by atoms with Gasteiger partial charge in [0.2, 0.25) is 0 Å². The summed E-state index contributed by atoms with van der Waals surface area (Å²) in [5.74, 6) is -0.573. The van der Waals surface area contributed by atoms with Gasteiger partial charge in [-0.1, -0.05) is 6.07 Å². The van der Waals surface area contributed by atoms with E-state index in [4.69, 9.17) is 0 Å². The van der Waals surface area contributed by atoms with Crippen molar-refractivity contribution in [2.75, 3.05) is 6.54 Å². The molecular formula is C17H23FN2O. The fourth-order valence-electron chi connectivity index (χ4n) is 3.80. The van der Waals surface area contributed by atoms with Gasteiger partial charge in [0.1, 0.15) is 5.82 Å². The summed E-state index contributed by atoms with van der Waals surface area (Å²) in [5, 5.41) is 3.58. The summed E-state index contributed by atoms with van der Waals surface area (Å²) in [6.45, 7) is 4.45. The lowest BCUT2D eigenvalue weighted by Crippen LogP contribution is -2.50. The average Bonchev–Trinajstić information content (AvgIpc) is 2.78. The van der Waals surface area contributed by atoms with Crippen LogP contribution in [0.2, 0.25) is 0 Å². The Labute approximate surface area is 125 Å². The Bertz CT molecular complexity index is 534. The number of rotatable bonds is 3. The number of fused-ring (bicyclic) bond motifs is 2. The van der Waals surface area contributed by atoms with Crippen LogP contribution in [-0.2, 0) is 0 Å². The summed E-state index contributed by atoms with van der Waals surface area (Å²) in [4.78, 5) is 14.6. The SMILES string of the molecule is CCN(C(=O)c1ccc(C)cc1F)C1CC2CCC(C1)N2. The van der Waals surface area contributed by atoms with Crippen LogP contribution in [-0.4, -0.2) is 35.5 Å². The van der Waals surface area contributed by atoms with Gasteiger partial charge in [-0.15, -0.1) is 0 Å². The number of carbonyl (C=O) groups excluding carboxylic acids is 1. The van der Waals surface area contributed by atoms with Crippen LogP contribution in [0.5, 0.6) is 0 Å². The van der Waals surface area contributed by atoms with Gasteiger partial charge in [-0.25, -0.2) is 4.39 Å². The van der Waals surface area contributed by atoms with Crippen molar-refractivity contribution in [2.45, 2.75) is 57.7 Å². The smallest absolute Gasteiger partial charge is 0.257 e. The summed E-state index contributed by atoms with van der Waals surface area (Å²) in [6.07, 6.45) is 4.38. The standard InChI is InChI=1S/C17H23FN2O/c1-3-20(14-9-12-5-6-13(10-14)19-12)17(21)15-7-4-11(2)8-16(15)18/h4,7-8,12-14,19H,3,5-6,9-10H2,1-2H3. The van der Waals surface area contributed by atoms with E-state index in [0.29, 0.717) is 18.6 Å². The molecule has 2 saturated heterocycles. The van der Waals surface area contributed by atoms with Crippen LogP contribution in [0.1, 0.15) is 48.5 Å². The maximum Gasteiger partial charge on any atom is 0.257 e. The highest BCUT2D eigenvalue weighted by atomic mass is 19.1. The molecule has 1 aromatic carbocycles. The van der Waals surface area contributed by atoms with E-state index >= 15 is 0 Å². The number of halogens is 1. The van der Waals surface area contributed by atoms with Gasteiger partial charge >= 0.3 is 0 Å². The lowest BCUT2D eigenvalue weighted by atomic mass is 9.97. The number of nitrogens with zero attached hydrogens (tertiary/aromatic N) is 1. The van der Waals surface area contributed by atoms with Crippen molar-refractivity contribution in [1.82, 2.24) is 10.2 Å². The van der Waals surface area contributed by atoms with Gasteiger partial charge in [0.25, 0.3) is 5.91 Å². The molecule has 2 fully saturated rings. The van der Waals surface area contributed by atoms with Crippen molar-refractivity contribution in [3.63, 3.8) is 0 Å². The lowest BCUT2D eigenvalue weighted by molar-refractivity contribution is 0.0626. The van der Waals surface area contributed by atoms with E-state index in [2.05, 4.69) is 5.32 Å². The Hall–Kier alpha value is -1.42. The molecule has 114 valence electrons. The molecule has 2 bridgehead atoms. The second kappa shape index (κ2) is 5.76. The Balaban J connectivity index is 1.80. The van der Waals surface area contributed by atoms with Crippen LogP contribution < -0.4 is 5.32 Å². The molecular weight excluding hydrogens is 267 g/mol. The second-order valence-electron chi connectivity index (χ2n) is 6.34. The molecule has 1 amide bonds. The van der Waals surface area contributed by atoms with Crippen molar-refractivity contribution in [3.8, 4) is 0 Å². The molecule has 4 heteroatoms. The molecule has 2 unspecified atom stereocenters. The van der Waals surface area contributed by atoms with Crippen LogP contribution in [0, 0.1) is 12.7 Å². The number of amides is 1. The number of benzene rings is 1. The van der Waals surface area contributed by atoms with Gasteiger partial charge in [0.15, 0.2) is 0 Å². The first-order chi connectivity index (χ1) is 10.1. The number of aryl methyl sites for hydroxylation is 1. The van der Waals surface area contributed by atoms with E-state index in [1.807, 2.05) is 18.7 Å². The average molecular weight is 290 g/mol. The Kier molecular flexibility index (Phi) is 3.98. The molecule has 2 aliphatic heterocycles. The van der Waals surface area contributed by atoms with E-state index in [9.17, 15) is 9.18 Å². The fourth-order valence-corrected chi connectivity index (χ4v) is 3.80. The summed E-state index contributed by atoms with van der Waals surface area (Å²) >= 11 is 0. The monoisotopic (exact) mass is 290 g/mol. The number of carbonyl (C=O) groups is 1. The third kappa shape index (κ3) is 2.82. The van der Waals surface area contributed by atoms with E-state index in [-0.39, 0.29) is 17.5 Å². The molecule has 0 aromatic heterocycles. The predicted octanol–water partition coefficient (Wildman–Crippen LogP) is 2.88. The molecule has 21 heavy (non-hydrogen) atoms. The van der Waals surface area contributed by atoms with Crippen molar-refractivity contribution in [2.24, 2.45) is 0 Å². The molecule has 2 heterocycles. The minimum Gasteiger partial charge on any atom is -0.336 e. The van der Waals surface area contributed by atoms with Crippen molar-refractivity contribution in [1.29, 1.82) is 0 Å². The molecule has 0 saturated carbocycles. The maximum absolute atomic E-state index is 14.1. The molecule has 2 atom stereocenters. The highest BCUT2D eigenvalue weighted by Crippen LogP contribution is 2.30. The molecule has 0 radical (unpaired) electrons. The van der Waals surface area contributed by atoms with E-state index in [1.54, 1.807) is 12.1 Å². The fraction of sp³-hybridized carbons (Fsp3) is 0.588. The van der Waals surface area contributed by atoms with Crippen LogP contribution in [0.15, 0.2) is 18.2 Å². The van der Waals surface area contributed by atoms with Gasteiger partial charge in [0, 0.05) is 24.7 Å². The van der Waals surface area contributed by atoms with E-state index < -0.39 is 5.82 Å². The molecule has 1 N–H and O–H groups in total. The summed E-state index contributed by atoms with van der Waals surface area (Å²) in [6, 6.07) is 6.15. The van der Waals surface area contributed by atoms with Gasteiger partial charge in [-0.2, -0.15) is 0 Å². The first kappa shape index (κ1) is 14.5. The number of hydrogen-bond acceptors (Lipinski definition) is 2. The van der Waals surface area contributed by atoms with Gasteiger partial charge in [-0.05, 0) is 57.2 Å². The van der Waals surface area contributed by atoms with Crippen LogP contribution in [0.25, 0.3) is 0 Å². The number of piperidine rings is 1. The highest BCUT2D eigenvalue weighted by molar-refractivity contribution is 5.94. The van der Waals surface area contributed by atoms with Crippen LogP contribution in [0.4, 0.5) is 4.39 Å². The third-order valence-corrected chi connectivity index (χ3v) is 4.85. The maximum atomic E-state index is 14.1. The van der Waals surface area contributed by atoms with Crippen molar-refractivity contribution >= 4 is 5.91 Å². The minimum absolute atomic E-state index is 0.165. The molecule has 3 rings (SSSR count). The van der Waals surface area contributed by atoms with E-state index in [0.717, 1.165) is 18.4 Å². The summed E-state index contributed by atoms with van der Waals surface area (Å²) in [7, 11) is 0. The third-order valence-electron chi connectivity index (χ3n) is 4.85. The minimum atomic E-state index is -0.407. The zero-order valence-corrected chi connectivity index (χ0v) is 12.7. The number of nitrogens with one attached hydrogen (secondary N) is 1. The second-order valence-corrected chi connectivity index (χ2v) is 6.34. The molecule has 1 aromatic rings. The Morgan fingerprint density at radius 3 is 2.57 bits per heavy atom. The van der Waals surface area contributed by atoms with Crippen LogP contribution in [0.3, 0.4) is 0 Å². The van der Waals surface area contributed by atoms with Gasteiger partial charge in [-0.3, -0.25) is 4.79 Å². The van der Waals surface area contributed by atoms with Crippen LogP contribution >= 0.6 is 0 Å². The van der Waals surface area contributed by atoms with Crippen molar-refractivity contribution in [3.05, 3.63) is 35.1 Å².